The Kier molecular flexibility index (Phi) is 6.13. The lowest BCUT2D eigenvalue weighted by molar-refractivity contribution is -0.0436. The van der Waals surface area contributed by atoms with Crippen molar-refractivity contribution < 1.29 is 31.1 Å². The maximum atomic E-state index is 12.8. The zero-order valence-electron chi connectivity index (χ0n) is 15.4. The Morgan fingerprint density at radius 2 is 1.87 bits per heavy atom. The average molecular weight is 456 g/mol. The molecule has 0 aliphatic rings. The van der Waals surface area contributed by atoms with Crippen molar-refractivity contribution in [2.24, 2.45) is 0 Å². The predicted octanol–water partition coefficient (Wildman–Crippen LogP) is 4.29. The summed E-state index contributed by atoms with van der Waals surface area (Å²) in [6, 6.07) is 12.0. The lowest BCUT2D eigenvalue weighted by Gasteiger charge is -2.13. The maximum Gasteiger partial charge on any atom is 0.501 e. The first kappa shape index (κ1) is 21.8. The van der Waals surface area contributed by atoms with E-state index in [1.807, 2.05) is 30.3 Å². The first-order valence-electron chi connectivity index (χ1n) is 8.41. The number of thiazole rings is 1. The van der Waals surface area contributed by atoms with Crippen LogP contribution in [-0.2, 0) is 16.3 Å². The second kappa shape index (κ2) is 8.44. The Morgan fingerprint density at radius 3 is 2.50 bits per heavy atom. The number of amides is 1. The summed E-state index contributed by atoms with van der Waals surface area (Å²) in [6.45, 7) is 0. The van der Waals surface area contributed by atoms with Crippen LogP contribution in [0.1, 0.15) is 21.1 Å². The van der Waals surface area contributed by atoms with Crippen molar-refractivity contribution in [3.63, 3.8) is 0 Å². The molecule has 30 heavy (non-hydrogen) atoms. The minimum Gasteiger partial charge on any atom is -0.495 e. The molecule has 1 aromatic heterocycles. The summed E-state index contributed by atoms with van der Waals surface area (Å²) < 4.78 is 66.8. The van der Waals surface area contributed by atoms with Gasteiger partial charge in [-0.15, -0.1) is 11.3 Å². The van der Waals surface area contributed by atoms with Crippen molar-refractivity contribution in [2.75, 3.05) is 12.4 Å². The highest BCUT2D eigenvalue weighted by molar-refractivity contribution is 7.92. The second-order valence-corrected chi connectivity index (χ2v) is 8.94. The van der Waals surface area contributed by atoms with E-state index in [-0.39, 0.29) is 17.1 Å². The first-order chi connectivity index (χ1) is 14.1. The Bertz CT molecular complexity index is 1160. The number of halogens is 3. The molecule has 0 unspecified atom stereocenters. The van der Waals surface area contributed by atoms with Gasteiger partial charge in [0.1, 0.15) is 11.4 Å². The van der Waals surface area contributed by atoms with E-state index >= 15 is 0 Å². The number of carbonyl (C=O) groups is 1. The molecular weight excluding hydrogens is 441 g/mol. The first-order valence-corrected chi connectivity index (χ1v) is 10.8. The lowest BCUT2D eigenvalue weighted by Crippen LogP contribution is -2.23. The van der Waals surface area contributed by atoms with Crippen LogP contribution in [0.5, 0.6) is 5.75 Å². The third kappa shape index (κ3) is 4.62. The summed E-state index contributed by atoms with van der Waals surface area (Å²) in [7, 11) is -4.34. The molecule has 158 valence electrons. The smallest absolute Gasteiger partial charge is 0.495 e. The molecule has 0 radical (unpaired) electrons. The van der Waals surface area contributed by atoms with Crippen LogP contribution >= 0.6 is 11.3 Å². The number of nitrogens with zero attached hydrogens (tertiary/aromatic N) is 1. The average Bonchev–Trinajstić information content (AvgIpc) is 3.16. The summed E-state index contributed by atoms with van der Waals surface area (Å²) in [6.07, 6.45) is 0.515. The van der Waals surface area contributed by atoms with Crippen molar-refractivity contribution in [2.45, 2.75) is 16.8 Å². The normalized spacial score (nSPS) is 11.9. The fourth-order valence-electron chi connectivity index (χ4n) is 2.54. The molecule has 6 nitrogen and oxygen atoms in total. The van der Waals surface area contributed by atoms with Gasteiger partial charge in [0.25, 0.3) is 15.7 Å². The molecular formula is C19H15F3N2O4S2. The summed E-state index contributed by atoms with van der Waals surface area (Å²) >= 11 is 1.26. The van der Waals surface area contributed by atoms with Crippen LogP contribution in [0.2, 0.25) is 0 Å². The zero-order chi connectivity index (χ0) is 21.9. The van der Waals surface area contributed by atoms with Crippen molar-refractivity contribution >= 4 is 32.8 Å². The van der Waals surface area contributed by atoms with E-state index < -0.39 is 26.1 Å². The van der Waals surface area contributed by atoms with E-state index in [2.05, 4.69) is 10.3 Å². The number of anilines is 1. The van der Waals surface area contributed by atoms with Crippen LogP contribution in [0.15, 0.2) is 58.8 Å². The highest BCUT2D eigenvalue weighted by atomic mass is 32.2. The van der Waals surface area contributed by atoms with Crippen LogP contribution in [0, 0.1) is 0 Å². The maximum absolute atomic E-state index is 12.8. The third-order valence-electron chi connectivity index (χ3n) is 4.02. The molecule has 0 saturated carbocycles. The molecule has 3 aromatic rings. The van der Waals surface area contributed by atoms with Crippen LogP contribution < -0.4 is 10.1 Å². The number of carbonyl (C=O) groups excluding carboxylic acids is 1. The van der Waals surface area contributed by atoms with Gasteiger partial charge in [0.2, 0.25) is 0 Å². The van der Waals surface area contributed by atoms with Crippen molar-refractivity contribution in [1.82, 2.24) is 4.98 Å². The highest BCUT2D eigenvalue weighted by Gasteiger charge is 2.47. The van der Waals surface area contributed by atoms with Crippen LogP contribution in [0.4, 0.5) is 18.9 Å². The molecule has 0 aliphatic carbocycles. The van der Waals surface area contributed by atoms with E-state index in [0.29, 0.717) is 17.5 Å². The van der Waals surface area contributed by atoms with Crippen LogP contribution in [-0.4, -0.2) is 31.9 Å². The zero-order valence-corrected chi connectivity index (χ0v) is 17.1. The second-order valence-electron chi connectivity index (χ2n) is 6.05. The summed E-state index contributed by atoms with van der Waals surface area (Å²) in [5.41, 5.74) is -4.63. The van der Waals surface area contributed by atoms with E-state index in [1.165, 1.54) is 23.8 Å². The predicted molar refractivity (Wildman–Crippen MR) is 106 cm³/mol. The summed E-state index contributed by atoms with van der Waals surface area (Å²) in [5.74, 6) is -0.699. The lowest BCUT2D eigenvalue weighted by atomic mass is 10.2. The van der Waals surface area contributed by atoms with Gasteiger partial charge in [-0.1, -0.05) is 30.3 Å². The Morgan fingerprint density at radius 1 is 1.17 bits per heavy atom. The third-order valence-corrected chi connectivity index (χ3v) is 6.35. The number of nitrogens with one attached hydrogen (secondary N) is 1. The molecule has 3 rings (SSSR count). The van der Waals surface area contributed by atoms with Gasteiger partial charge in [-0.2, -0.15) is 13.2 Å². The molecule has 0 saturated heterocycles. The molecule has 0 fully saturated rings. The monoisotopic (exact) mass is 456 g/mol. The van der Waals surface area contributed by atoms with E-state index in [4.69, 9.17) is 4.74 Å². The van der Waals surface area contributed by atoms with Crippen LogP contribution in [0.3, 0.4) is 0 Å². The minimum atomic E-state index is -5.58. The number of benzene rings is 2. The van der Waals surface area contributed by atoms with E-state index in [0.717, 1.165) is 17.7 Å². The van der Waals surface area contributed by atoms with Crippen molar-refractivity contribution in [3.8, 4) is 5.75 Å². The van der Waals surface area contributed by atoms with Gasteiger partial charge in [0.15, 0.2) is 0 Å². The van der Waals surface area contributed by atoms with Crippen LogP contribution in [0.25, 0.3) is 0 Å². The van der Waals surface area contributed by atoms with E-state index in [9.17, 15) is 26.4 Å². The fraction of sp³-hybridized carbons (Fsp3) is 0.158. The topological polar surface area (TPSA) is 85.4 Å². The number of sulfone groups is 1. The van der Waals surface area contributed by atoms with Gasteiger partial charge in [0.05, 0.1) is 22.7 Å². The van der Waals surface area contributed by atoms with Gasteiger partial charge in [-0.05, 0) is 23.8 Å². The fourth-order valence-corrected chi connectivity index (χ4v) is 4.13. The van der Waals surface area contributed by atoms with E-state index in [1.54, 1.807) is 0 Å². The van der Waals surface area contributed by atoms with Gasteiger partial charge < -0.3 is 10.1 Å². The standard InChI is InChI=1S/C19H15F3N2O4S2/c1-28-16-8-7-13(30(26,27)19(20,21)22)10-14(16)24-18(25)15-11-29-17(23-15)9-12-5-3-2-4-6-12/h2-8,10-11H,9H2,1H3,(H,24,25). The SMILES string of the molecule is COc1ccc(S(=O)(=O)C(F)(F)F)cc1NC(=O)c1csc(Cc2ccccc2)n1. The number of hydrogen-bond acceptors (Lipinski definition) is 6. The number of alkyl halides is 3. The molecule has 1 heterocycles. The van der Waals surface area contributed by atoms with Gasteiger partial charge in [-0.3, -0.25) is 4.79 Å². The molecule has 0 bridgehead atoms. The molecule has 0 spiro atoms. The molecule has 2 aromatic carbocycles. The summed E-state index contributed by atoms with van der Waals surface area (Å²) in [5, 5.41) is 4.55. The molecule has 11 heteroatoms. The molecule has 1 N–H and O–H groups in total. The molecule has 0 atom stereocenters. The quantitative estimate of drug-likeness (QED) is 0.598. The Balaban J connectivity index is 1.83. The number of hydrogen-bond donors (Lipinski definition) is 1. The highest BCUT2D eigenvalue weighted by Crippen LogP contribution is 2.34. The molecule has 1 amide bonds. The van der Waals surface area contributed by atoms with Gasteiger partial charge >= 0.3 is 5.51 Å². The number of methoxy groups -OCH3 is 1. The number of aromatic nitrogens is 1. The minimum absolute atomic E-state index is 0.00390. The summed E-state index contributed by atoms with van der Waals surface area (Å²) in [4.78, 5) is 15.7. The van der Waals surface area contributed by atoms with Crippen molar-refractivity contribution in [1.29, 1.82) is 0 Å². The van der Waals surface area contributed by atoms with Gasteiger partial charge in [0, 0.05) is 11.8 Å². The van der Waals surface area contributed by atoms with Crippen molar-refractivity contribution in [3.05, 3.63) is 70.2 Å². The number of ether oxygens (including phenoxy) is 1. The Labute approximate surface area is 174 Å². The molecule has 0 aliphatic heterocycles. The van der Waals surface area contributed by atoms with Gasteiger partial charge in [-0.25, -0.2) is 13.4 Å². The largest absolute Gasteiger partial charge is 0.501 e. The number of rotatable bonds is 6. The Hall–Kier alpha value is -2.92.